The smallest absolute Gasteiger partial charge is 0.157 e. The molecular weight excluding hydrogens is 238 g/mol. The van der Waals surface area contributed by atoms with E-state index in [9.17, 15) is 9.90 Å². The molecule has 0 spiro atoms. The number of rotatable bonds is 5. The molecule has 2 rings (SSSR count). The van der Waals surface area contributed by atoms with Crippen LogP contribution in [0.1, 0.15) is 38.7 Å². The number of ketones is 1. The van der Waals surface area contributed by atoms with Gasteiger partial charge in [0.15, 0.2) is 5.78 Å². The van der Waals surface area contributed by atoms with Crippen molar-refractivity contribution in [1.29, 1.82) is 0 Å². The van der Waals surface area contributed by atoms with Crippen molar-refractivity contribution in [3.8, 4) is 5.75 Å². The molecule has 104 valence electrons. The molecule has 1 aliphatic rings. The van der Waals surface area contributed by atoms with Crippen LogP contribution in [0.5, 0.6) is 5.75 Å². The highest BCUT2D eigenvalue weighted by Crippen LogP contribution is 2.27. The third-order valence-electron chi connectivity index (χ3n) is 4.37. The summed E-state index contributed by atoms with van der Waals surface area (Å²) >= 11 is 0. The van der Waals surface area contributed by atoms with E-state index in [0.29, 0.717) is 6.42 Å². The summed E-state index contributed by atoms with van der Waals surface area (Å²) in [6, 6.07) is 7.00. The average molecular weight is 261 g/mol. The molecule has 1 unspecified atom stereocenters. The molecule has 0 radical (unpaired) electrons. The number of phenols is 1. The zero-order chi connectivity index (χ0) is 13.9. The standard InChI is InChI=1S/C16H23NO2/c1-3-16(2,17-9-4-5-10-17)15(19)12-13-7-6-8-14(18)11-13/h6-8,11,18H,3-5,9-10,12H2,1-2H3. The maximum Gasteiger partial charge on any atom is 0.157 e. The van der Waals surface area contributed by atoms with Gasteiger partial charge in [-0.1, -0.05) is 19.1 Å². The van der Waals surface area contributed by atoms with E-state index >= 15 is 0 Å². The van der Waals surface area contributed by atoms with E-state index in [1.165, 1.54) is 12.8 Å². The van der Waals surface area contributed by atoms with Crippen LogP contribution in [0, 0.1) is 0 Å². The molecule has 0 bridgehead atoms. The Hall–Kier alpha value is -1.35. The van der Waals surface area contributed by atoms with Gasteiger partial charge in [-0.3, -0.25) is 9.69 Å². The first-order valence-electron chi connectivity index (χ1n) is 7.12. The number of Topliss-reactive ketones (excluding diaryl/α,β-unsaturated/α-hetero) is 1. The Balaban J connectivity index is 2.12. The molecule has 1 aromatic carbocycles. The Labute approximate surface area is 115 Å². The van der Waals surface area contributed by atoms with E-state index in [1.54, 1.807) is 18.2 Å². The molecule has 19 heavy (non-hydrogen) atoms. The first-order chi connectivity index (χ1) is 9.06. The van der Waals surface area contributed by atoms with Crippen LogP contribution in [-0.4, -0.2) is 34.4 Å². The predicted octanol–water partition coefficient (Wildman–Crippen LogP) is 2.77. The summed E-state index contributed by atoms with van der Waals surface area (Å²) < 4.78 is 0. The van der Waals surface area contributed by atoms with Crippen LogP contribution in [0.2, 0.25) is 0 Å². The molecule has 1 atom stereocenters. The van der Waals surface area contributed by atoms with Gasteiger partial charge in [-0.15, -0.1) is 0 Å². The third-order valence-corrected chi connectivity index (χ3v) is 4.37. The van der Waals surface area contributed by atoms with E-state index in [0.717, 1.165) is 25.1 Å². The first kappa shape index (κ1) is 14.1. The van der Waals surface area contributed by atoms with Gasteiger partial charge in [-0.05, 0) is 57.0 Å². The third kappa shape index (κ3) is 2.98. The molecule has 0 aromatic heterocycles. The highest BCUT2D eigenvalue weighted by atomic mass is 16.3. The molecule has 0 aliphatic carbocycles. The van der Waals surface area contributed by atoms with Crippen molar-refractivity contribution >= 4 is 5.78 Å². The predicted molar refractivity (Wildman–Crippen MR) is 76.3 cm³/mol. The van der Waals surface area contributed by atoms with E-state index in [1.807, 2.05) is 6.07 Å². The number of hydrogen-bond acceptors (Lipinski definition) is 3. The van der Waals surface area contributed by atoms with Crippen molar-refractivity contribution in [2.45, 2.75) is 45.1 Å². The Morgan fingerprint density at radius 3 is 2.63 bits per heavy atom. The zero-order valence-electron chi connectivity index (χ0n) is 11.9. The highest BCUT2D eigenvalue weighted by Gasteiger charge is 2.38. The lowest BCUT2D eigenvalue weighted by molar-refractivity contribution is -0.129. The van der Waals surface area contributed by atoms with Gasteiger partial charge < -0.3 is 5.11 Å². The molecule has 1 N–H and O–H groups in total. The van der Waals surface area contributed by atoms with Crippen LogP contribution in [0.25, 0.3) is 0 Å². The van der Waals surface area contributed by atoms with Gasteiger partial charge in [0.05, 0.1) is 5.54 Å². The topological polar surface area (TPSA) is 40.5 Å². The molecule has 1 heterocycles. The van der Waals surface area contributed by atoms with Crippen molar-refractivity contribution in [3.05, 3.63) is 29.8 Å². The largest absolute Gasteiger partial charge is 0.508 e. The number of aromatic hydroxyl groups is 1. The second-order valence-electron chi connectivity index (χ2n) is 5.59. The molecule has 1 aliphatic heterocycles. The summed E-state index contributed by atoms with van der Waals surface area (Å²) in [5, 5.41) is 9.48. The second-order valence-corrected chi connectivity index (χ2v) is 5.59. The van der Waals surface area contributed by atoms with E-state index < -0.39 is 0 Å². The lowest BCUT2D eigenvalue weighted by atomic mass is 9.87. The Morgan fingerprint density at radius 2 is 2.05 bits per heavy atom. The number of carbonyl (C=O) groups is 1. The van der Waals surface area contributed by atoms with Crippen LogP contribution in [0.4, 0.5) is 0 Å². The van der Waals surface area contributed by atoms with Crippen LogP contribution in [-0.2, 0) is 11.2 Å². The van der Waals surface area contributed by atoms with Gasteiger partial charge in [0.25, 0.3) is 0 Å². The van der Waals surface area contributed by atoms with E-state index in [-0.39, 0.29) is 17.1 Å². The summed E-state index contributed by atoms with van der Waals surface area (Å²) in [5.41, 5.74) is 0.533. The van der Waals surface area contributed by atoms with Crippen molar-refractivity contribution in [2.75, 3.05) is 13.1 Å². The van der Waals surface area contributed by atoms with Gasteiger partial charge in [0.2, 0.25) is 0 Å². The molecule has 3 nitrogen and oxygen atoms in total. The molecule has 1 saturated heterocycles. The summed E-state index contributed by atoms with van der Waals surface area (Å²) in [6.45, 7) is 6.19. The number of nitrogens with zero attached hydrogens (tertiary/aromatic N) is 1. The van der Waals surface area contributed by atoms with Crippen molar-refractivity contribution < 1.29 is 9.90 Å². The Morgan fingerprint density at radius 1 is 1.37 bits per heavy atom. The van der Waals surface area contributed by atoms with Gasteiger partial charge in [0.1, 0.15) is 5.75 Å². The SMILES string of the molecule is CCC(C)(C(=O)Cc1cccc(O)c1)N1CCCC1. The minimum atomic E-state index is -0.359. The number of carbonyl (C=O) groups excluding carboxylic acids is 1. The number of likely N-dealkylation sites (tertiary alicyclic amines) is 1. The minimum absolute atomic E-state index is 0.227. The van der Waals surface area contributed by atoms with Crippen molar-refractivity contribution in [1.82, 2.24) is 4.90 Å². The van der Waals surface area contributed by atoms with Gasteiger partial charge >= 0.3 is 0 Å². The summed E-state index contributed by atoms with van der Waals surface area (Å²) in [5.74, 6) is 0.479. The van der Waals surface area contributed by atoms with Crippen LogP contribution in [0.15, 0.2) is 24.3 Å². The Bertz CT molecular complexity index is 452. The van der Waals surface area contributed by atoms with Crippen LogP contribution in [0.3, 0.4) is 0 Å². The molecule has 1 aromatic rings. The maximum atomic E-state index is 12.6. The zero-order valence-corrected chi connectivity index (χ0v) is 11.9. The summed E-state index contributed by atoms with van der Waals surface area (Å²) in [4.78, 5) is 15.0. The lowest BCUT2D eigenvalue weighted by Gasteiger charge is -2.36. The van der Waals surface area contributed by atoms with Gasteiger partial charge in [-0.2, -0.15) is 0 Å². The fourth-order valence-corrected chi connectivity index (χ4v) is 2.85. The Kier molecular flexibility index (Phi) is 4.25. The fourth-order valence-electron chi connectivity index (χ4n) is 2.85. The fraction of sp³-hybridized carbons (Fsp3) is 0.562. The summed E-state index contributed by atoms with van der Waals surface area (Å²) in [6.07, 6.45) is 3.61. The minimum Gasteiger partial charge on any atom is -0.508 e. The number of benzene rings is 1. The number of hydrogen-bond donors (Lipinski definition) is 1. The summed E-state index contributed by atoms with van der Waals surface area (Å²) in [7, 11) is 0. The van der Waals surface area contributed by atoms with Crippen LogP contribution >= 0.6 is 0 Å². The van der Waals surface area contributed by atoms with E-state index in [2.05, 4.69) is 18.7 Å². The van der Waals surface area contributed by atoms with Gasteiger partial charge in [-0.25, -0.2) is 0 Å². The van der Waals surface area contributed by atoms with Crippen LogP contribution < -0.4 is 0 Å². The molecule has 0 saturated carbocycles. The lowest BCUT2D eigenvalue weighted by Crippen LogP contribution is -2.51. The van der Waals surface area contributed by atoms with Crippen molar-refractivity contribution in [3.63, 3.8) is 0 Å². The molecule has 3 heteroatoms. The molecule has 1 fully saturated rings. The highest BCUT2D eigenvalue weighted by molar-refractivity contribution is 5.89. The first-order valence-corrected chi connectivity index (χ1v) is 7.12. The quantitative estimate of drug-likeness (QED) is 0.886. The van der Waals surface area contributed by atoms with E-state index in [4.69, 9.17) is 0 Å². The monoisotopic (exact) mass is 261 g/mol. The molecular formula is C16H23NO2. The van der Waals surface area contributed by atoms with Gasteiger partial charge in [0, 0.05) is 6.42 Å². The normalized spacial score (nSPS) is 19.3. The second kappa shape index (κ2) is 5.74. The average Bonchev–Trinajstić information content (AvgIpc) is 2.92. The van der Waals surface area contributed by atoms with Crippen molar-refractivity contribution in [2.24, 2.45) is 0 Å². The number of phenolic OH excluding ortho intramolecular Hbond substituents is 1. The maximum absolute atomic E-state index is 12.6. The molecule has 0 amide bonds.